The third-order valence-corrected chi connectivity index (χ3v) is 5.86. The molecule has 0 unspecified atom stereocenters. The van der Waals surface area contributed by atoms with Gasteiger partial charge in [0.15, 0.2) is 0 Å². The van der Waals surface area contributed by atoms with Crippen LogP contribution in [0.25, 0.3) is 0 Å². The van der Waals surface area contributed by atoms with E-state index in [-0.39, 0.29) is 27.4 Å². The Kier molecular flexibility index (Phi) is 6.25. The Morgan fingerprint density at radius 1 is 1.21 bits per heavy atom. The van der Waals surface area contributed by atoms with Crippen LogP contribution in [-0.2, 0) is 10.0 Å². The zero-order valence-corrected chi connectivity index (χ0v) is 15.8. The molecule has 0 saturated carbocycles. The van der Waals surface area contributed by atoms with Gasteiger partial charge < -0.3 is 9.80 Å². The van der Waals surface area contributed by atoms with E-state index in [2.05, 4.69) is 9.62 Å². The predicted octanol–water partition coefficient (Wildman–Crippen LogP) is 1.80. The Bertz CT molecular complexity index is 707. The van der Waals surface area contributed by atoms with E-state index >= 15 is 0 Å². The zero-order chi connectivity index (χ0) is 17.9. The predicted molar refractivity (Wildman–Crippen MR) is 94.9 cm³/mol. The molecule has 1 aliphatic rings. The molecule has 1 N–H and O–H groups in total. The standard InChI is InChI=1S/C16H24ClN3O3S/c1-12(2)18-24(22,23)13-5-6-15(17)14(11-13)16(21)20-8-4-7-19(3)9-10-20/h5-6,11-12,18H,4,7-10H2,1-3H3. The Morgan fingerprint density at radius 3 is 2.58 bits per heavy atom. The van der Waals surface area contributed by atoms with Crippen LogP contribution < -0.4 is 4.72 Å². The summed E-state index contributed by atoms with van der Waals surface area (Å²) in [6, 6.07) is 4.02. The minimum Gasteiger partial charge on any atom is -0.337 e. The van der Waals surface area contributed by atoms with Gasteiger partial charge in [-0.25, -0.2) is 13.1 Å². The van der Waals surface area contributed by atoms with Crippen molar-refractivity contribution in [1.29, 1.82) is 0 Å². The van der Waals surface area contributed by atoms with Gasteiger partial charge in [0, 0.05) is 25.7 Å². The lowest BCUT2D eigenvalue weighted by Gasteiger charge is -2.21. The second kappa shape index (κ2) is 7.82. The molecule has 2 rings (SSSR count). The molecule has 24 heavy (non-hydrogen) atoms. The molecule has 1 aliphatic heterocycles. The van der Waals surface area contributed by atoms with Crippen LogP contribution in [0, 0.1) is 0 Å². The van der Waals surface area contributed by atoms with Gasteiger partial charge in [-0.15, -0.1) is 0 Å². The van der Waals surface area contributed by atoms with Gasteiger partial charge in [0.25, 0.3) is 5.91 Å². The number of carbonyl (C=O) groups excluding carboxylic acids is 1. The molecule has 8 heteroatoms. The maximum atomic E-state index is 12.8. The number of likely N-dealkylation sites (N-methyl/N-ethyl adjacent to an activating group) is 1. The topological polar surface area (TPSA) is 69.7 Å². The number of amides is 1. The highest BCUT2D eigenvalue weighted by molar-refractivity contribution is 7.89. The first-order valence-electron chi connectivity index (χ1n) is 8.00. The van der Waals surface area contributed by atoms with Crippen LogP contribution in [0.1, 0.15) is 30.6 Å². The second-order valence-corrected chi connectivity index (χ2v) is 8.49. The third-order valence-electron chi connectivity index (χ3n) is 3.88. The van der Waals surface area contributed by atoms with Gasteiger partial charge in [-0.1, -0.05) is 11.6 Å². The maximum Gasteiger partial charge on any atom is 0.255 e. The van der Waals surface area contributed by atoms with Crippen LogP contribution in [0.4, 0.5) is 0 Å². The van der Waals surface area contributed by atoms with Crippen molar-refractivity contribution in [3.05, 3.63) is 28.8 Å². The molecule has 1 aromatic rings. The summed E-state index contributed by atoms with van der Waals surface area (Å²) in [5, 5.41) is 0.265. The van der Waals surface area contributed by atoms with Crippen molar-refractivity contribution in [1.82, 2.24) is 14.5 Å². The number of nitrogens with one attached hydrogen (secondary N) is 1. The van der Waals surface area contributed by atoms with E-state index in [4.69, 9.17) is 11.6 Å². The number of carbonyl (C=O) groups is 1. The monoisotopic (exact) mass is 373 g/mol. The van der Waals surface area contributed by atoms with Gasteiger partial charge in [0.05, 0.1) is 15.5 Å². The summed E-state index contributed by atoms with van der Waals surface area (Å²) in [7, 11) is -1.65. The quantitative estimate of drug-likeness (QED) is 0.873. The van der Waals surface area contributed by atoms with Gasteiger partial charge in [0.1, 0.15) is 0 Å². The first-order valence-corrected chi connectivity index (χ1v) is 9.86. The molecule has 0 radical (unpaired) electrons. The largest absolute Gasteiger partial charge is 0.337 e. The van der Waals surface area contributed by atoms with Gasteiger partial charge in [-0.2, -0.15) is 0 Å². The van der Waals surface area contributed by atoms with Crippen molar-refractivity contribution in [2.45, 2.75) is 31.2 Å². The summed E-state index contributed by atoms with van der Waals surface area (Å²) < 4.78 is 27.1. The lowest BCUT2D eigenvalue weighted by molar-refractivity contribution is 0.0762. The number of sulfonamides is 1. The van der Waals surface area contributed by atoms with Crippen molar-refractivity contribution in [3.8, 4) is 0 Å². The molecule has 0 aromatic heterocycles. The van der Waals surface area contributed by atoms with Crippen molar-refractivity contribution in [2.75, 3.05) is 33.2 Å². The van der Waals surface area contributed by atoms with Gasteiger partial charge in [-0.3, -0.25) is 4.79 Å². The summed E-state index contributed by atoms with van der Waals surface area (Å²) in [4.78, 5) is 16.7. The molecule has 1 heterocycles. The first kappa shape index (κ1) is 19.2. The number of halogens is 1. The number of hydrogen-bond donors (Lipinski definition) is 1. The Balaban J connectivity index is 2.29. The summed E-state index contributed by atoms with van der Waals surface area (Å²) >= 11 is 6.16. The highest BCUT2D eigenvalue weighted by Crippen LogP contribution is 2.23. The molecule has 1 saturated heterocycles. The van der Waals surface area contributed by atoms with E-state index in [1.165, 1.54) is 18.2 Å². The number of rotatable bonds is 4. The van der Waals surface area contributed by atoms with Crippen LogP contribution in [0.3, 0.4) is 0 Å². The molecule has 0 atom stereocenters. The molecule has 1 fully saturated rings. The van der Waals surface area contributed by atoms with Crippen molar-refractivity contribution >= 4 is 27.5 Å². The molecule has 6 nitrogen and oxygen atoms in total. The lowest BCUT2D eigenvalue weighted by atomic mass is 10.2. The SMILES string of the molecule is CC(C)NS(=O)(=O)c1ccc(Cl)c(C(=O)N2CCCN(C)CC2)c1. The van der Waals surface area contributed by atoms with Gasteiger partial charge >= 0.3 is 0 Å². The zero-order valence-electron chi connectivity index (χ0n) is 14.3. The maximum absolute atomic E-state index is 12.8. The summed E-state index contributed by atoms with van der Waals surface area (Å²) in [5.41, 5.74) is 0.229. The molecule has 0 bridgehead atoms. The number of hydrogen-bond acceptors (Lipinski definition) is 4. The van der Waals surface area contributed by atoms with E-state index in [1.54, 1.807) is 18.7 Å². The fraction of sp³-hybridized carbons (Fsp3) is 0.562. The van der Waals surface area contributed by atoms with E-state index < -0.39 is 10.0 Å². The number of benzene rings is 1. The van der Waals surface area contributed by atoms with Crippen LogP contribution in [0.2, 0.25) is 5.02 Å². The third kappa shape index (κ3) is 4.69. The average Bonchev–Trinajstić information content (AvgIpc) is 2.70. The van der Waals surface area contributed by atoms with Crippen molar-refractivity contribution in [2.24, 2.45) is 0 Å². The van der Waals surface area contributed by atoms with Crippen LogP contribution in [0.15, 0.2) is 23.1 Å². The van der Waals surface area contributed by atoms with Crippen LogP contribution in [0.5, 0.6) is 0 Å². The fourth-order valence-corrected chi connectivity index (χ4v) is 4.11. The molecule has 1 aromatic carbocycles. The number of nitrogens with zero attached hydrogens (tertiary/aromatic N) is 2. The molecular weight excluding hydrogens is 350 g/mol. The Hall–Kier alpha value is -1.15. The summed E-state index contributed by atoms with van der Waals surface area (Å²) in [6.07, 6.45) is 0.882. The molecular formula is C16H24ClN3O3S. The summed E-state index contributed by atoms with van der Waals surface area (Å²) in [5.74, 6) is -0.225. The van der Waals surface area contributed by atoms with Crippen LogP contribution >= 0.6 is 11.6 Å². The van der Waals surface area contributed by atoms with E-state index in [0.29, 0.717) is 13.1 Å². The second-order valence-electron chi connectivity index (χ2n) is 6.37. The Labute approximate surface area is 148 Å². The minimum absolute atomic E-state index is 0.0517. The van der Waals surface area contributed by atoms with Crippen LogP contribution in [-0.4, -0.2) is 63.4 Å². The van der Waals surface area contributed by atoms with Crippen molar-refractivity contribution < 1.29 is 13.2 Å². The van der Waals surface area contributed by atoms with E-state index in [0.717, 1.165) is 19.5 Å². The van der Waals surface area contributed by atoms with Crippen molar-refractivity contribution in [3.63, 3.8) is 0 Å². The normalized spacial score (nSPS) is 17.1. The smallest absolute Gasteiger partial charge is 0.255 e. The molecule has 0 aliphatic carbocycles. The fourth-order valence-electron chi connectivity index (χ4n) is 2.63. The minimum atomic E-state index is -3.67. The first-order chi connectivity index (χ1) is 11.2. The lowest BCUT2D eigenvalue weighted by Crippen LogP contribution is -2.35. The highest BCUT2D eigenvalue weighted by atomic mass is 35.5. The summed E-state index contributed by atoms with van der Waals surface area (Å²) in [6.45, 7) is 6.45. The average molecular weight is 374 g/mol. The van der Waals surface area contributed by atoms with Gasteiger partial charge in [-0.05, 0) is 52.1 Å². The molecule has 1 amide bonds. The molecule has 134 valence electrons. The van der Waals surface area contributed by atoms with Gasteiger partial charge in [0.2, 0.25) is 10.0 Å². The van der Waals surface area contributed by atoms with E-state index in [1.807, 2.05) is 7.05 Å². The van der Waals surface area contributed by atoms with E-state index in [9.17, 15) is 13.2 Å². The molecule has 0 spiro atoms. The Morgan fingerprint density at radius 2 is 1.92 bits per heavy atom. The highest BCUT2D eigenvalue weighted by Gasteiger charge is 2.24.